The monoisotopic (exact) mass is 425 g/mol. The Hall–Kier alpha value is -4.19. The molecule has 6 nitrogen and oxygen atoms in total. The first kappa shape index (κ1) is 21.1. The van der Waals surface area contributed by atoms with Crippen molar-refractivity contribution in [2.24, 2.45) is 7.05 Å². The lowest BCUT2D eigenvalue weighted by atomic mass is 9.98. The molecule has 0 radical (unpaired) electrons. The number of benzene rings is 3. The number of amides is 1. The number of hydrogen-bond acceptors (Lipinski definition) is 4. The van der Waals surface area contributed by atoms with Crippen molar-refractivity contribution in [3.8, 4) is 33.9 Å². The second-order valence-electron chi connectivity index (χ2n) is 7.22. The minimum atomic E-state index is -0.224. The first-order valence-electron chi connectivity index (χ1n) is 10.4. The molecule has 4 aromatic rings. The number of hydrogen-bond donors (Lipinski definition) is 1. The number of carbonyl (C=O) groups is 1. The predicted molar refractivity (Wildman–Crippen MR) is 125 cm³/mol. The molecule has 4 rings (SSSR count). The summed E-state index contributed by atoms with van der Waals surface area (Å²) in [6.07, 6.45) is 0. The molecule has 32 heavy (non-hydrogen) atoms. The Morgan fingerprint density at radius 1 is 0.938 bits per heavy atom. The van der Waals surface area contributed by atoms with E-state index in [2.05, 4.69) is 10.4 Å². The molecule has 1 amide bonds. The Kier molecular flexibility index (Phi) is 6.12. The van der Waals surface area contributed by atoms with Crippen molar-refractivity contribution in [2.45, 2.75) is 6.92 Å². The lowest BCUT2D eigenvalue weighted by molar-refractivity contribution is 0.0956. The maximum absolute atomic E-state index is 12.4. The fraction of sp³-hybridized carbons (Fsp3) is 0.115. The highest BCUT2D eigenvalue weighted by atomic mass is 16.5. The van der Waals surface area contributed by atoms with Gasteiger partial charge in [0.15, 0.2) is 0 Å². The molecule has 160 valence electrons. The van der Waals surface area contributed by atoms with Gasteiger partial charge in [-0.2, -0.15) is 5.10 Å². The van der Waals surface area contributed by atoms with E-state index in [1.807, 2.05) is 73.7 Å². The second-order valence-corrected chi connectivity index (χ2v) is 7.22. The van der Waals surface area contributed by atoms with Gasteiger partial charge in [0.2, 0.25) is 0 Å². The quantitative estimate of drug-likeness (QED) is 0.488. The van der Waals surface area contributed by atoms with Crippen LogP contribution in [0.1, 0.15) is 17.3 Å². The number of nitrogens with one attached hydrogen (secondary N) is 1. The van der Waals surface area contributed by atoms with Gasteiger partial charge in [0.25, 0.3) is 11.5 Å². The summed E-state index contributed by atoms with van der Waals surface area (Å²) in [5.41, 5.74) is 3.16. The van der Waals surface area contributed by atoms with Crippen LogP contribution in [0.15, 0.2) is 89.7 Å². The average Bonchev–Trinajstić information content (AvgIpc) is 2.82. The maximum atomic E-state index is 12.4. The van der Waals surface area contributed by atoms with Crippen LogP contribution in [0.5, 0.6) is 11.5 Å². The summed E-state index contributed by atoms with van der Waals surface area (Å²) in [4.78, 5) is 24.5. The van der Waals surface area contributed by atoms with Gasteiger partial charge >= 0.3 is 0 Å². The minimum Gasteiger partial charge on any atom is -0.457 e. The Labute approximate surface area is 186 Å². The van der Waals surface area contributed by atoms with E-state index in [4.69, 9.17) is 4.74 Å². The number of carbonyl (C=O) groups excluding carboxylic acids is 1. The molecule has 1 N–H and O–H groups in total. The van der Waals surface area contributed by atoms with E-state index in [1.165, 1.54) is 4.68 Å². The van der Waals surface area contributed by atoms with E-state index in [1.54, 1.807) is 25.2 Å². The summed E-state index contributed by atoms with van der Waals surface area (Å²) in [6, 6.07) is 25.8. The van der Waals surface area contributed by atoms with Crippen LogP contribution in [-0.2, 0) is 7.05 Å². The predicted octanol–water partition coefficient (Wildman–Crippen LogP) is 4.66. The molecular weight excluding hydrogens is 402 g/mol. The highest BCUT2D eigenvalue weighted by Gasteiger charge is 2.17. The van der Waals surface area contributed by atoms with E-state index in [0.29, 0.717) is 34.9 Å². The van der Waals surface area contributed by atoms with Crippen LogP contribution in [-0.4, -0.2) is 22.2 Å². The zero-order valence-electron chi connectivity index (χ0n) is 17.9. The van der Waals surface area contributed by atoms with Crippen molar-refractivity contribution in [2.75, 3.05) is 6.54 Å². The molecule has 3 aromatic carbocycles. The Bertz CT molecular complexity index is 1300. The summed E-state index contributed by atoms with van der Waals surface area (Å²) >= 11 is 0. The van der Waals surface area contributed by atoms with E-state index in [-0.39, 0.29) is 11.5 Å². The van der Waals surface area contributed by atoms with Gasteiger partial charge in [-0.15, -0.1) is 0 Å². The third-order valence-corrected chi connectivity index (χ3v) is 5.00. The molecule has 0 aliphatic heterocycles. The van der Waals surface area contributed by atoms with Gasteiger partial charge in [-0.05, 0) is 48.9 Å². The third-order valence-electron chi connectivity index (χ3n) is 5.00. The molecule has 0 unspecified atom stereocenters. The van der Waals surface area contributed by atoms with Crippen molar-refractivity contribution >= 4 is 5.91 Å². The molecule has 0 bridgehead atoms. The topological polar surface area (TPSA) is 73.2 Å². The van der Waals surface area contributed by atoms with E-state index < -0.39 is 0 Å². The van der Waals surface area contributed by atoms with E-state index >= 15 is 0 Å². The van der Waals surface area contributed by atoms with Gasteiger partial charge in [-0.1, -0.05) is 42.5 Å². The molecule has 0 aliphatic rings. The van der Waals surface area contributed by atoms with E-state index in [0.717, 1.165) is 11.1 Å². The van der Waals surface area contributed by atoms with Crippen LogP contribution in [0.3, 0.4) is 0 Å². The highest BCUT2D eigenvalue weighted by molar-refractivity contribution is 5.95. The van der Waals surface area contributed by atoms with Gasteiger partial charge in [0, 0.05) is 36.3 Å². The molecule has 1 aromatic heterocycles. The molecule has 0 saturated heterocycles. The molecule has 0 fully saturated rings. The zero-order chi connectivity index (χ0) is 22.5. The summed E-state index contributed by atoms with van der Waals surface area (Å²) in [6.45, 7) is 2.43. The van der Waals surface area contributed by atoms with Crippen LogP contribution in [0.2, 0.25) is 0 Å². The lowest BCUT2D eigenvalue weighted by Crippen LogP contribution is -2.22. The first-order valence-corrected chi connectivity index (χ1v) is 10.4. The van der Waals surface area contributed by atoms with Crippen molar-refractivity contribution in [3.05, 3.63) is 101 Å². The van der Waals surface area contributed by atoms with Crippen molar-refractivity contribution < 1.29 is 9.53 Å². The third kappa shape index (κ3) is 4.44. The Morgan fingerprint density at radius 3 is 2.34 bits per heavy atom. The van der Waals surface area contributed by atoms with Gasteiger partial charge in [-0.25, -0.2) is 4.68 Å². The van der Waals surface area contributed by atoms with Crippen LogP contribution in [0.4, 0.5) is 0 Å². The molecule has 0 atom stereocenters. The smallest absolute Gasteiger partial charge is 0.267 e. The average molecular weight is 425 g/mol. The largest absolute Gasteiger partial charge is 0.457 e. The second kappa shape index (κ2) is 9.31. The van der Waals surface area contributed by atoms with Crippen LogP contribution in [0, 0.1) is 0 Å². The minimum absolute atomic E-state index is 0.136. The standard InChI is InChI=1S/C26H23N3O3/c1-3-27-26(31)19-15-13-18(14-16-19)22-17-24(30)29(2)28-25(22)21-11-7-8-12-23(21)32-20-9-5-4-6-10-20/h4-17H,3H2,1-2H3,(H,27,31). The molecular formula is C26H23N3O3. The molecule has 0 aliphatic carbocycles. The Balaban J connectivity index is 1.81. The van der Waals surface area contributed by atoms with Gasteiger partial charge in [-0.3, -0.25) is 9.59 Å². The first-order chi connectivity index (χ1) is 15.6. The molecule has 1 heterocycles. The normalized spacial score (nSPS) is 10.6. The molecule has 6 heteroatoms. The number of rotatable bonds is 6. The van der Waals surface area contributed by atoms with Crippen molar-refractivity contribution in [1.29, 1.82) is 0 Å². The number of aromatic nitrogens is 2. The van der Waals surface area contributed by atoms with Crippen LogP contribution >= 0.6 is 0 Å². The Morgan fingerprint density at radius 2 is 1.62 bits per heavy atom. The maximum Gasteiger partial charge on any atom is 0.267 e. The number of nitrogens with zero attached hydrogens (tertiary/aromatic N) is 2. The summed E-state index contributed by atoms with van der Waals surface area (Å²) in [5, 5.41) is 7.34. The van der Waals surface area contributed by atoms with Gasteiger partial charge in [0.1, 0.15) is 17.2 Å². The molecule has 0 spiro atoms. The number of aryl methyl sites for hydroxylation is 1. The fourth-order valence-electron chi connectivity index (χ4n) is 3.39. The highest BCUT2D eigenvalue weighted by Crippen LogP contribution is 2.37. The van der Waals surface area contributed by atoms with Gasteiger partial charge < -0.3 is 10.1 Å². The number of para-hydroxylation sites is 2. The van der Waals surface area contributed by atoms with Crippen LogP contribution < -0.4 is 15.6 Å². The summed E-state index contributed by atoms with van der Waals surface area (Å²) in [7, 11) is 1.62. The SMILES string of the molecule is CCNC(=O)c1ccc(-c2cc(=O)n(C)nc2-c2ccccc2Oc2ccccc2)cc1. The van der Waals surface area contributed by atoms with Crippen LogP contribution in [0.25, 0.3) is 22.4 Å². The fourth-order valence-corrected chi connectivity index (χ4v) is 3.39. The summed E-state index contributed by atoms with van der Waals surface area (Å²) < 4.78 is 7.43. The lowest BCUT2D eigenvalue weighted by Gasteiger charge is -2.15. The zero-order valence-corrected chi connectivity index (χ0v) is 17.9. The van der Waals surface area contributed by atoms with Crippen molar-refractivity contribution in [1.82, 2.24) is 15.1 Å². The summed E-state index contributed by atoms with van der Waals surface area (Å²) in [5.74, 6) is 1.20. The van der Waals surface area contributed by atoms with Gasteiger partial charge in [0.05, 0.1) is 0 Å². The van der Waals surface area contributed by atoms with E-state index in [9.17, 15) is 9.59 Å². The molecule has 0 saturated carbocycles. The number of ether oxygens (including phenoxy) is 1. The van der Waals surface area contributed by atoms with Crippen molar-refractivity contribution in [3.63, 3.8) is 0 Å².